The van der Waals surface area contributed by atoms with Gasteiger partial charge in [0, 0.05) is 29.9 Å². The summed E-state index contributed by atoms with van der Waals surface area (Å²) in [5.41, 5.74) is 6.91. The summed E-state index contributed by atoms with van der Waals surface area (Å²) in [5.74, 6) is 2.18. The number of methoxy groups -OCH3 is 2. The molecule has 2 atom stereocenters. The van der Waals surface area contributed by atoms with Crippen LogP contribution in [0.1, 0.15) is 25.7 Å². The Labute approximate surface area is 115 Å². The third-order valence-electron chi connectivity index (χ3n) is 3.92. The number of anilines is 1. The molecule has 1 aliphatic carbocycles. The van der Waals surface area contributed by atoms with E-state index in [2.05, 4.69) is 5.32 Å². The monoisotopic (exact) mass is 264 g/mol. The molecule has 19 heavy (non-hydrogen) atoms. The maximum atomic E-state index is 5.87. The topological polar surface area (TPSA) is 56.5 Å². The second-order valence-corrected chi connectivity index (χ2v) is 5.13. The van der Waals surface area contributed by atoms with E-state index in [4.69, 9.17) is 15.2 Å². The summed E-state index contributed by atoms with van der Waals surface area (Å²) >= 11 is 0. The number of ether oxygens (including phenoxy) is 2. The summed E-state index contributed by atoms with van der Waals surface area (Å²) in [6.07, 6.45) is 4.97. The van der Waals surface area contributed by atoms with Gasteiger partial charge in [-0.25, -0.2) is 0 Å². The van der Waals surface area contributed by atoms with Gasteiger partial charge in [0.05, 0.1) is 14.2 Å². The first-order valence-electron chi connectivity index (χ1n) is 6.96. The summed E-state index contributed by atoms with van der Waals surface area (Å²) in [7, 11) is 3.34. The normalized spacial score (nSPS) is 22.9. The number of hydrogen-bond acceptors (Lipinski definition) is 4. The molecule has 0 aliphatic heterocycles. The summed E-state index contributed by atoms with van der Waals surface area (Å²) < 4.78 is 10.6. The molecule has 2 unspecified atom stereocenters. The van der Waals surface area contributed by atoms with Crippen molar-refractivity contribution in [1.82, 2.24) is 0 Å². The fraction of sp³-hybridized carbons (Fsp3) is 0.600. The number of nitrogens with one attached hydrogen (secondary N) is 1. The van der Waals surface area contributed by atoms with Crippen molar-refractivity contribution in [2.45, 2.75) is 31.7 Å². The van der Waals surface area contributed by atoms with E-state index in [0.717, 1.165) is 23.7 Å². The second-order valence-electron chi connectivity index (χ2n) is 5.13. The highest BCUT2D eigenvalue weighted by molar-refractivity contribution is 5.54. The Hall–Kier alpha value is -1.42. The molecule has 1 aromatic carbocycles. The Kier molecular flexibility index (Phi) is 4.91. The van der Waals surface area contributed by atoms with Gasteiger partial charge in [0.2, 0.25) is 0 Å². The van der Waals surface area contributed by atoms with Gasteiger partial charge in [-0.2, -0.15) is 0 Å². The maximum Gasteiger partial charge on any atom is 0.124 e. The van der Waals surface area contributed by atoms with Crippen molar-refractivity contribution in [3.05, 3.63) is 18.2 Å². The summed E-state index contributed by atoms with van der Waals surface area (Å²) in [6, 6.07) is 6.34. The smallest absolute Gasteiger partial charge is 0.124 e. The number of nitrogens with two attached hydrogens (primary N) is 1. The largest absolute Gasteiger partial charge is 0.497 e. The lowest BCUT2D eigenvalue weighted by Crippen LogP contribution is -2.36. The van der Waals surface area contributed by atoms with Gasteiger partial charge >= 0.3 is 0 Å². The average Bonchev–Trinajstić information content (AvgIpc) is 2.47. The zero-order valence-corrected chi connectivity index (χ0v) is 11.8. The quantitative estimate of drug-likeness (QED) is 0.858. The zero-order chi connectivity index (χ0) is 13.7. The molecule has 0 spiro atoms. The molecule has 4 heteroatoms. The number of hydrogen-bond donors (Lipinski definition) is 2. The van der Waals surface area contributed by atoms with E-state index < -0.39 is 0 Å². The van der Waals surface area contributed by atoms with Crippen LogP contribution in [0.2, 0.25) is 0 Å². The minimum absolute atomic E-state index is 0.454. The molecule has 0 aromatic heterocycles. The third-order valence-corrected chi connectivity index (χ3v) is 3.92. The fourth-order valence-corrected chi connectivity index (χ4v) is 2.78. The SMILES string of the molecule is COc1cc(NC2CCCCC2CN)cc(OC)c1. The molecule has 0 bridgehead atoms. The van der Waals surface area contributed by atoms with Crippen LogP contribution in [0, 0.1) is 5.92 Å². The molecule has 0 radical (unpaired) electrons. The van der Waals surface area contributed by atoms with Crippen LogP contribution in [0.4, 0.5) is 5.69 Å². The molecule has 1 aliphatic rings. The third kappa shape index (κ3) is 3.53. The number of rotatable bonds is 5. The molecule has 0 amide bonds. The molecular formula is C15H24N2O2. The molecule has 0 saturated heterocycles. The molecular weight excluding hydrogens is 240 g/mol. The molecule has 1 fully saturated rings. The predicted octanol–water partition coefficient (Wildman–Crippen LogP) is 2.63. The minimum Gasteiger partial charge on any atom is -0.497 e. The van der Waals surface area contributed by atoms with E-state index in [1.165, 1.54) is 25.7 Å². The standard InChI is InChI=1S/C15H24N2O2/c1-18-13-7-12(8-14(9-13)19-2)17-15-6-4-3-5-11(15)10-16/h7-9,11,15,17H,3-6,10,16H2,1-2H3. The Morgan fingerprint density at radius 2 is 1.74 bits per heavy atom. The zero-order valence-electron chi connectivity index (χ0n) is 11.8. The molecule has 1 saturated carbocycles. The summed E-state index contributed by atoms with van der Waals surface area (Å²) in [5, 5.41) is 3.59. The van der Waals surface area contributed by atoms with Crippen molar-refractivity contribution in [2.75, 3.05) is 26.1 Å². The van der Waals surface area contributed by atoms with E-state index >= 15 is 0 Å². The lowest BCUT2D eigenvalue weighted by atomic mass is 9.84. The highest BCUT2D eigenvalue weighted by Gasteiger charge is 2.23. The molecule has 1 aromatic rings. The van der Waals surface area contributed by atoms with E-state index in [9.17, 15) is 0 Å². The van der Waals surface area contributed by atoms with Gasteiger partial charge in [-0.3, -0.25) is 0 Å². The number of benzene rings is 1. The molecule has 2 rings (SSSR count). The highest BCUT2D eigenvalue weighted by Crippen LogP contribution is 2.30. The van der Waals surface area contributed by atoms with Crippen LogP contribution in [0.25, 0.3) is 0 Å². The lowest BCUT2D eigenvalue weighted by molar-refractivity contribution is 0.332. The van der Waals surface area contributed by atoms with Crippen LogP contribution in [0.3, 0.4) is 0 Å². The van der Waals surface area contributed by atoms with Crippen molar-refractivity contribution in [1.29, 1.82) is 0 Å². The molecule has 0 heterocycles. The molecule has 4 nitrogen and oxygen atoms in total. The second kappa shape index (κ2) is 6.66. The summed E-state index contributed by atoms with van der Waals surface area (Å²) in [4.78, 5) is 0. The lowest BCUT2D eigenvalue weighted by Gasteiger charge is -2.32. The van der Waals surface area contributed by atoms with Crippen LogP contribution in [0.5, 0.6) is 11.5 Å². The van der Waals surface area contributed by atoms with E-state index in [-0.39, 0.29) is 0 Å². The first kappa shape index (κ1) is 14.0. The minimum atomic E-state index is 0.454. The average molecular weight is 264 g/mol. The van der Waals surface area contributed by atoms with Crippen molar-refractivity contribution >= 4 is 5.69 Å². The van der Waals surface area contributed by atoms with Gasteiger partial charge in [-0.1, -0.05) is 12.8 Å². The van der Waals surface area contributed by atoms with Gasteiger partial charge in [0.15, 0.2) is 0 Å². The Morgan fingerprint density at radius 3 is 2.32 bits per heavy atom. The van der Waals surface area contributed by atoms with Crippen LogP contribution in [-0.2, 0) is 0 Å². The van der Waals surface area contributed by atoms with Gasteiger partial charge in [0.1, 0.15) is 11.5 Å². The van der Waals surface area contributed by atoms with Gasteiger partial charge < -0.3 is 20.5 Å². The Morgan fingerprint density at radius 1 is 1.11 bits per heavy atom. The van der Waals surface area contributed by atoms with Crippen LogP contribution in [-0.4, -0.2) is 26.8 Å². The Bertz CT molecular complexity index is 387. The highest BCUT2D eigenvalue weighted by atomic mass is 16.5. The Balaban J connectivity index is 2.12. The van der Waals surface area contributed by atoms with E-state index in [0.29, 0.717) is 12.0 Å². The van der Waals surface area contributed by atoms with Crippen molar-refractivity contribution in [3.63, 3.8) is 0 Å². The maximum absolute atomic E-state index is 5.87. The van der Waals surface area contributed by atoms with Crippen LogP contribution in [0.15, 0.2) is 18.2 Å². The predicted molar refractivity (Wildman–Crippen MR) is 78.0 cm³/mol. The van der Waals surface area contributed by atoms with Crippen molar-refractivity contribution < 1.29 is 9.47 Å². The van der Waals surface area contributed by atoms with Crippen molar-refractivity contribution in [3.8, 4) is 11.5 Å². The van der Waals surface area contributed by atoms with E-state index in [1.807, 2.05) is 18.2 Å². The molecule has 106 valence electrons. The van der Waals surface area contributed by atoms with Gasteiger partial charge in [0.25, 0.3) is 0 Å². The molecule has 3 N–H and O–H groups in total. The summed E-state index contributed by atoms with van der Waals surface area (Å²) in [6.45, 7) is 0.749. The van der Waals surface area contributed by atoms with Crippen LogP contribution >= 0.6 is 0 Å². The van der Waals surface area contributed by atoms with Gasteiger partial charge in [-0.15, -0.1) is 0 Å². The first-order chi connectivity index (χ1) is 9.26. The van der Waals surface area contributed by atoms with Crippen molar-refractivity contribution in [2.24, 2.45) is 11.7 Å². The van der Waals surface area contributed by atoms with Gasteiger partial charge in [-0.05, 0) is 25.3 Å². The fourth-order valence-electron chi connectivity index (χ4n) is 2.78. The first-order valence-corrected chi connectivity index (χ1v) is 6.96. The van der Waals surface area contributed by atoms with Crippen LogP contribution < -0.4 is 20.5 Å². The van der Waals surface area contributed by atoms with E-state index in [1.54, 1.807) is 14.2 Å².